The molecule has 0 aliphatic rings. The molecule has 1 rings (SSSR count). The van der Waals surface area contributed by atoms with Gasteiger partial charge in [0.15, 0.2) is 0 Å². The Balaban J connectivity index is 3.49. The number of rotatable bonds is 7. The van der Waals surface area contributed by atoms with Gasteiger partial charge in [-0.2, -0.15) is 13.2 Å². The number of esters is 1. The molecule has 0 saturated carbocycles. The van der Waals surface area contributed by atoms with Gasteiger partial charge in [-0.05, 0) is 24.3 Å². The first-order chi connectivity index (χ1) is 12.5. The molecule has 150 valence electrons. The van der Waals surface area contributed by atoms with Crippen molar-refractivity contribution >= 4 is 17.6 Å². The molecule has 0 spiro atoms. The number of amides is 1. The average Bonchev–Trinajstić information content (AvgIpc) is 2.63. The normalized spacial score (nSPS) is 13.1. The van der Waals surface area contributed by atoms with E-state index in [1.807, 2.05) is 0 Å². The molecule has 0 heterocycles. The molecule has 1 atom stereocenters. The number of hydrogen-bond acceptors (Lipinski definition) is 7. The topological polar surface area (TPSA) is 117 Å². The van der Waals surface area contributed by atoms with E-state index in [1.54, 1.807) is 0 Å². The number of hydrogen-bond donors (Lipinski definition) is 3. The number of aliphatic hydroxyl groups is 3. The van der Waals surface area contributed by atoms with Gasteiger partial charge in [0.25, 0.3) is 0 Å². The summed E-state index contributed by atoms with van der Waals surface area (Å²) in [5.41, 5.74) is -0.909. The fourth-order valence-corrected chi connectivity index (χ4v) is 2.06. The maximum atomic E-state index is 13.0. The van der Waals surface area contributed by atoms with Crippen molar-refractivity contribution in [1.29, 1.82) is 0 Å². The van der Waals surface area contributed by atoms with Crippen LogP contribution in [0.25, 0.3) is 0 Å². The Bertz CT molecular complexity index is 718. The van der Waals surface area contributed by atoms with Crippen LogP contribution in [-0.2, 0) is 9.53 Å². The van der Waals surface area contributed by atoms with E-state index in [2.05, 4.69) is 4.74 Å². The molecule has 1 aromatic carbocycles. The Labute approximate surface area is 152 Å². The number of aliphatic hydroxyl groups excluding tert-OH is 3. The zero-order valence-electron chi connectivity index (χ0n) is 14.4. The van der Waals surface area contributed by atoms with Crippen LogP contribution in [0.5, 0.6) is 5.75 Å². The van der Waals surface area contributed by atoms with Crippen molar-refractivity contribution in [2.75, 3.05) is 32.3 Å². The highest BCUT2D eigenvalue weighted by molar-refractivity contribution is 6.04. The van der Waals surface area contributed by atoms with Crippen LogP contribution < -0.4 is 9.64 Å². The Hall–Kier alpha value is -2.79. The van der Waals surface area contributed by atoms with Gasteiger partial charge in [-0.1, -0.05) is 0 Å². The van der Waals surface area contributed by atoms with Crippen molar-refractivity contribution in [3.8, 4) is 5.75 Å². The fourth-order valence-electron chi connectivity index (χ4n) is 2.06. The summed E-state index contributed by atoms with van der Waals surface area (Å²) in [6.45, 7) is -1.82. The molecular formula is C16H18F3NO7. The van der Waals surface area contributed by atoms with Gasteiger partial charge >= 0.3 is 18.1 Å². The number of halogens is 3. The first-order valence-corrected chi connectivity index (χ1v) is 7.38. The molecule has 27 heavy (non-hydrogen) atoms. The predicted molar refractivity (Wildman–Crippen MR) is 86.5 cm³/mol. The molecular weight excluding hydrogens is 375 g/mol. The molecule has 1 unspecified atom stereocenters. The van der Waals surface area contributed by atoms with Gasteiger partial charge < -0.3 is 24.8 Å². The van der Waals surface area contributed by atoms with E-state index in [9.17, 15) is 33.0 Å². The number of alkyl halides is 3. The van der Waals surface area contributed by atoms with Crippen molar-refractivity contribution in [2.45, 2.75) is 12.3 Å². The van der Waals surface area contributed by atoms with Crippen molar-refractivity contribution in [1.82, 2.24) is 0 Å². The van der Waals surface area contributed by atoms with Crippen molar-refractivity contribution < 1.29 is 47.6 Å². The van der Waals surface area contributed by atoms with Crippen molar-refractivity contribution in [3.63, 3.8) is 0 Å². The number of benzene rings is 1. The van der Waals surface area contributed by atoms with Gasteiger partial charge in [0.2, 0.25) is 0 Å². The van der Waals surface area contributed by atoms with Gasteiger partial charge in [0.1, 0.15) is 11.5 Å². The monoisotopic (exact) mass is 393 g/mol. The predicted octanol–water partition coefficient (Wildman–Crippen LogP) is 1.17. The Morgan fingerprint density at radius 3 is 2.41 bits per heavy atom. The van der Waals surface area contributed by atoms with Crippen LogP contribution in [0.15, 0.2) is 30.0 Å². The molecule has 3 N–H and O–H groups in total. The van der Waals surface area contributed by atoms with Crippen LogP contribution in [0.2, 0.25) is 0 Å². The SMILES string of the molecule is COC(=O)c1cc(OC)ccc1N(CC(O)=CC(O)CO)C(=O)C(F)(F)F. The van der Waals surface area contributed by atoms with Gasteiger partial charge in [-0.25, -0.2) is 4.79 Å². The van der Waals surface area contributed by atoms with Crippen LogP contribution in [0.1, 0.15) is 10.4 Å². The highest BCUT2D eigenvalue weighted by Crippen LogP contribution is 2.30. The smallest absolute Gasteiger partial charge is 0.471 e. The number of carbonyl (C=O) groups excluding carboxylic acids is 2. The summed E-state index contributed by atoms with van der Waals surface area (Å²) in [6.07, 6.45) is -6.20. The molecule has 0 radical (unpaired) electrons. The van der Waals surface area contributed by atoms with Crippen LogP contribution >= 0.6 is 0 Å². The molecule has 0 aliphatic heterocycles. The molecule has 0 bridgehead atoms. The number of methoxy groups -OCH3 is 2. The Morgan fingerprint density at radius 2 is 1.93 bits per heavy atom. The van der Waals surface area contributed by atoms with Crippen molar-refractivity contribution in [2.24, 2.45) is 0 Å². The molecule has 1 amide bonds. The fraction of sp³-hybridized carbons (Fsp3) is 0.375. The first-order valence-electron chi connectivity index (χ1n) is 7.38. The van der Waals surface area contributed by atoms with E-state index in [-0.39, 0.29) is 10.6 Å². The Morgan fingerprint density at radius 1 is 1.30 bits per heavy atom. The molecule has 1 aromatic rings. The van der Waals surface area contributed by atoms with Gasteiger partial charge in [0.05, 0.1) is 44.7 Å². The summed E-state index contributed by atoms with van der Waals surface area (Å²) >= 11 is 0. The van der Waals surface area contributed by atoms with Crippen LogP contribution in [0.3, 0.4) is 0 Å². The van der Waals surface area contributed by atoms with Crippen LogP contribution in [0, 0.1) is 0 Å². The molecule has 0 aliphatic carbocycles. The largest absolute Gasteiger partial charge is 0.511 e. The zero-order chi connectivity index (χ0) is 20.8. The minimum atomic E-state index is -5.32. The lowest BCUT2D eigenvalue weighted by Gasteiger charge is -2.25. The maximum absolute atomic E-state index is 13.0. The van der Waals surface area contributed by atoms with Gasteiger partial charge in [-0.3, -0.25) is 9.69 Å². The highest BCUT2D eigenvalue weighted by Gasteiger charge is 2.44. The summed E-state index contributed by atoms with van der Waals surface area (Å²) in [5.74, 6) is -4.12. The standard InChI is InChI=1S/C16H18F3NO7/c1-26-11-3-4-13(12(6-11)14(24)27-2)20(15(25)16(17,18)19)7-9(22)5-10(23)8-21/h3-6,10,21-23H,7-8H2,1-2H3. The summed E-state index contributed by atoms with van der Waals surface area (Å²) < 4.78 is 48.4. The first kappa shape index (κ1) is 22.3. The highest BCUT2D eigenvalue weighted by atomic mass is 19.4. The summed E-state index contributed by atoms with van der Waals surface area (Å²) in [7, 11) is 2.26. The van der Waals surface area contributed by atoms with E-state index < -0.39 is 54.3 Å². The van der Waals surface area contributed by atoms with Gasteiger partial charge in [0, 0.05) is 0 Å². The lowest BCUT2D eigenvalue weighted by atomic mass is 10.1. The Kier molecular flexibility index (Phi) is 7.61. The van der Waals surface area contributed by atoms with E-state index >= 15 is 0 Å². The van der Waals surface area contributed by atoms with Crippen LogP contribution in [0.4, 0.5) is 18.9 Å². The van der Waals surface area contributed by atoms with Gasteiger partial charge in [-0.15, -0.1) is 0 Å². The molecule has 8 nitrogen and oxygen atoms in total. The molecule has 0 aromatic heterocycles. The zero-order valence-corrected chi connectivity index (χ0v) is 14.4. The molecule has 11 heteroatoms. The van der Waals surface area contributed by atoms with Crippen molar-refractivity contribution in [3.05, 3.63) is 35.6 Å². The third-order valence-corrected chi connectivity index (χ3v) is 3.28. The number of nitrogens with zero attached hydrogens (tertiary/aromatic N) is 1. The second-order valence-electron chi connectivity index (χ2n) is 5.17. The lowest BCUT2D eigenvalue weighted by Crippen LogP contribution is -2.43. The third-order valence-electron chi connectivity index (χ3n) is 3.28. The third kappa shape index (κ3) is 5.86. The average molecular weight is 393 g/mol. The lowest BCUT2D eigenvalue weighted by molar-refractivity contribution is -0.170. The second-order valence-corrected chi connectivity index (χ2v) is 5.17. The minimum Gasteiger partial charge on any atom is -0.511 e. The summed E-state index contributed by atoms with van der Waals surface area (Å²) in [4.78, 5) is 23.9. The summed E-state index contributed by atoms with van der Waals surface area (Å²) in [5, 5.41) is 27.8. The van der Waals surface area contributed by atoms with E-state index in [4.69, 9.17) is 9.84 Å². The second kappa shape index (κ2) is 9.24. The summed E-state index contributed by atoms with van der Waals surface area (Å²) in [6, 6.07) is 3.30. The van der Waals surface area contributed by atoms with Crippen LogP contribution in [-0.4, -0.2) is 66.8 Å². The maximum Gasteiger partial charge on any atom is 0.471 e. The number of carbonyl (C=O) groups is 2. The number of anilines is 1. The number of ether oxygens (including phenoxy) is 2. The minimum absolute atomic E-state index is 0.0988. The quantitative estimate of drug-likeness (QED) is 0.470. The molecule has 0 fully saturated rings. The van der Waals surface area contributed by atoms with E-state index in [0.29, 0.717) is 6.08 Å². The molecule has 0 saturated heterocycles. The van der Waals surface area contributed by atoms with E-state index in [1.165, 1.54) is 13.2 Å². The van der Waals surface area contributed by atoms with E-state index in [0.717, 1.165) is 19.2 Å².